The fraction of sp³-hybridized carbons (Fsp3) is 0.222. The first-order chi connectivity index (χ1) is 9.58. The van der Waals surface area contributed by atoms with Crippen molar-refractivity contribution >= 4 is 16.8 Å². The molecule has 0 amide bonds. The molecule has 0 radical (unpaired) electrons. The van der Waals surface area contributed by atoms with Gasteiger partial charge in [0, 0.05) is 0 Å². The average Bonchev–Trinajstić information content (AvgIpc) is 2.44. The second-order valence-corrected chi connectivity index (χ2v) is 4.59. The number of anilines is 1. The molecule has 0 N–H and O–H groups in total. The standard InChI is InChI=1S/C15H16N.C3H7.Ni/c1-5-13(6-2)7-8-14-9-11-15(12-10-14)16(3)4;1-3-2;/h1-2,5-12H,3-4H3;1,3H2,2H3;/q2*-1;/b8-7+,13-5+;;. The molecular formula is C18H23NNi-2. The molecule has 0 saturated heterocycles. The SMILES string of the molecule is [CH-]=CC(/C=C/c1ccc(N(C)C)cc1)=C\[CH]=[Ni].[CH2-]CC. The van der Waals surface area contributed by atoms with Gasteiger partial charge >= 0.3 is 111 Å². The molecule has 0 aliphatic heterocycles. The van der Waals surface area contributed by atoms with Crippen LogP contribution in [0.2, 0.25) is 0 Å². The molecule has 0 atom stereocenters. The Bertz CT molecular complexity index is 453. The summed E-state index contributed by atoms with van der Waals surface area (Å²) in [5, 5.41) is 0. The first kappa shape index (κ1) is 18.6. The van der Waals surface area contributed by atoms with Gasteiger partial charge in [-0.1, -0.05) is 6.92 Å². The Morgan fingerprint density at radius 3 is 2.25 bits per heavy atom. The van der Waals surface area contributed by atoms with Gasteiger partial charge in [-0.3, -0.25) is 0 Å². The van der Waals surface area contributed by atoms with E-state index in [0.29, 0.717) is 0 Å². The van der Waals surface area contributed by atoms with Crippen molar-refractivity contribution in [2.24, 2.45) is 0 Å². The summed E-state index contributed by atoms with van der Waals surface area (Å²) in [6.45, 7) is 11.0. The van der Waals surface area contributed by atoms with Gasteiger partial charge in [0.1, 0.15) is 0 Å². The van der Waals surface area contributed by atoms with E-state index in [0.717, 1.165) is 17.6 Å². The van der Waals surface area contributed by atoms with Crippen molar-refractivity contribution in [2.45, 2.75) is 13.3 Å². The summed E-state index contributed by atoms with van der Waals surface area (Å²) >= 11 is 4.48. The minimum absolute atomic E-state index is 0.910. The van der Waals surface area contributed by atoms with Gasteiger partial charge < -0.3 is 6.92 Å². The first-order valence-electron chi connectivity index (χ1n) is 6.48. The molecule has 20 heavy (non-hydrogen) atoms. The number of hydrogen-bond donors (Lipinski definition) is 0. The number of nitrogens with zero attached hydrogens (tertiary/aromatic N) is 1. The van der Waals surface area contributed by atoms with Crippen LogP contribution < -0.4 is 4.90 Å². The third-order valence-electron chi connectivity index (χ3n) is 2.32. The zero-order valence-electron chi connectivity index (χ0n) is 12.5. The second-order valence-electron chi connectivity index (χ2n) is 4.26. The second kappa shape index (κ2) is 11.4. The zero-order valence-corrected chi connectivity index (χ0v) is 13.4. The van der Waals surface area contributed by atoms with E-state index in [1.807, 2.05) is 39.2 Å². The van der Waals surface area contributed by atoms with Crippen molar-refractivity contribution in [1.29, 1.82) is 0 Å². The zero-order chi connectivity index (χ0) is 15.4. The van der Waals surface area contributed by atoms with Gasteiger partial charge in [-0.2, -0.15) is 6.42 Å². The fourth-order valence-corrected chi connectivity index (χ4v) is 1.49. The molecule has 0 saturated carbocycles. The minimum atomic E-state index is 0.910. The Morgan fingerprint density at radius 2 is 1.85 bits per heavy atom. The van der Waals surface area contributed by atoms with Crippen LogP contribution in [0, 0.1) is 13.5 Å². The summed E-state index contributed by atoms with van der Waals surface area (Å²) in [5.41, 5.74) is 3.23. The van der Waals surface area contributed by atoms with E-state index >= 15 is 0 Å². The van der Waals surface area contributed by atoms with Gasteiger partial charge in [0.15, 0.2) is 0 Å². The van der Waals surface area contributed by atoms with Crippen LogP contribution in [0.3, 0.4) is 0 Å². The van der Waals surface area contributed by atoms with Gasteiger partial charge in [0.2, 0.25) is 0 Å². The Hall–Kier alpha value is -1.40. The molecular weight excluding hydrogens is 289 g/mol. The van der Waals surface area contributed by atoms with Crippen LogP contribution in [0.5, 0.6) is 0 Å². The molecule has 0 bridgehead atoms. The molecule has 0 aliphatic carbocycles. The number of hydrogen-bond acceptors (Lipinski definition) is 1. The first-order valence-corrected chi connectivity index (χ1v) is 7.05. The Labute approximate surface area is 131 Å². The average molecular weight is 312 g/mol. The van der Waals surface area contributed by atoms with E-state index < -0.39 is 0 Å². The minimum Gasteiger partial charge on any atom is -0.344 e. The van der Waals surface area contributed by atoms with E-state index in [9.17, 15) is 0 Å². The third-order valence-corrected chi connectivity index (χ3v) is 2.48. The van der Waals surface area contributed by atoms with Gasteiger partial charge in [0.25, 0.3) is 0 Å². The monoisotopic (exact) mass is 311 g/mol. The molecule has 0 spiro atoms. The van der Waals surface area contributed by atoms with E-state index in [-0.39, 0.29) is 0 Å². The quantitative estimate of drug-likeness (QED) is 0.446. The van der Waals surface area contributed by atoms with Crippen LogP contribution in [0.1, 0.15) is 18.9 Å². The third kappa shape index (κ3) is 7.91. The van der Waals surface area contributed by atoms with Crippen molar-refractivity contribution in [3.05, 3.63) is 67.1 Å². The maximum absolute atomic E-state index is 5.47. The van der Waals surface area contributed by atoms with Crippen LogP contribution in [0.4, 0.5) is 5.69 Å². The number of rotatable bonds is 5. The van der Waals surface area contributed by atoms with Crippen LogP contribution in [-0.4, -0.2) is 19.1 Å². The molecule has 0 heterocycles. The predicted molar refractivity (Wildman–Crippen MR) is 88.5 cm³/mol. The van der Waals surface area contributed by atoms with Crippen LogP contribution in [0.25, 0.3) is 6.08 Å². The normalized spacial score (nSPS) is 10.8. The van der Waals surface area contributed by atoms with Crippen molar-refractivity contribution < 1.29 is 15.0 Å². The summed E-state index contributed by atoms with van der Waals surface area (Å²) in [6, 6.07) is 8.30. The van der Waals surface area contributed by atoms with E-state index in [1.54, 1.807) is 11.1 Å². The smallest absolute Gasteiger partial charge is 0.0927 e. The molecule has 0 unspecified atom stereocenters. The van der Waals surface area contributed by atoms with Crippen molar-refractivity contribution in [3.63, 3.8) is 0 Å². The Balaban J connectivity index is 0.00000110. The molecule has 112 valence electrons. The maximum atomic E-state index is 5.47. The topological polar surface area (TPSA) is 3.24 Å². The molecule has 1 aromatic carbocycles. The summed E-state index contributed by atoms with van der Waals surface area (Å²) in [6.07, 6.45) is 8.31. The number of allylic oxidation sites excluding steroid dienone is 4. The molecule has 0 aliphatic rings. The van der Waals surface area contributed by atoms with Gasteiger partial charge in [-0.15, -0.1) is 0 Å². The maximum Gasteiger partial charge on any atom is -0.0927 e. The van der Waals surface area contributed by atoms with Crippen LogP contribution >= 0.6 is 0 Å². The molecule has 0 fully saturated rings. The van der Waals surface area contributed by atoms with Crippen LogP contribution in [0.15, 0.2) is 48.1 Å². The predicted octanol–water partition coefficient (Wildman–Crippen LogP) is 4.26. The van der Waals surface area contributed by atoms with Crippen molar-refractivity contribution in [3.8, 4) is 0 Å². The van der Waals surface area contributed by atoms with Crippen LogP contribution in [-0.2, 0) is 15.0 Å². The van der Waals surface area contributed by atoms with E-state index in [4.69, 9.17) is 6.58 Å². The van der Waals surface area contributed by atoms with Gasteiger partial charge in [-0.25, -0.2) is 0 Å². The van der Waals surface area contributed by atoms with Gasteiger partial charge in [-0.05, 0) is 0 Å². The van der Waals surface area contributed by atoms with Crippen molar-refractivity contribution in [1.82, 2.24) is 0 Å². The molecule has 1 aromatic rings. The van der Waals surface area contributed by atoms with E-state index in [2.05, 4.69) is 51.1 Å². The Kier molecular flexibility index (Phi) is 10.6. The Morgan fingerprint density at radius 1 is 1.30 bits per heavy atom. The fourth-order valence-electron chi connectivity index (χ4n) is 1.30. The van der Waals surface area contributed by atoms with Crippen molar-refractivity contribution in [2.75, 3.05) is 19.0 Å². The van der Waals surface area contributed by atoms with Gasteiger partial charge in [0.05, 0.1) is 0 Å². The summed E-state index contributed by atoms with van der Waals surface area (Å²) in [4.78, 5) is 3.66. The molecule has 0 aromatic heterocycles. The molecule has 1 rings (SSSR count). The largest absolute Gasteiger partial charge is 0.344 e. The summed E-state index contributed by atoms with van der Waals surface area (Å²) in [5.74, 6) is 0. The molecule has 1 nitrogen and oxygen atoms in total. The summed E-state index contributed by atoms with van der Waals surface area (Å²) < 4.78 is 0. The number of benzene rings is 1. The molecule has 2 heteroatoms. The summed E-state index contributed by atoms with van der Waals surface area (Å²) in [7, 11) is 4.05. The van der Waals surface area contributed by atoms with E-state index in [1.165, 1.54) is 5.69 Å².